The highest BCUT2D eigenvalue weighted by atomic mass is 19.1. The summed E-state index contributed by atoms with van der Waals surface area (Å²) in [5, 5.41) is 9.68. The molecule has 4 aromatic rings. The maximum absolute atomic E-state index is 13.7. The molecule has 10 nitrogen and oxygen atoms in total. The van der Waals surface area contributed by atoms with E-state index in [1.807, 2.05) is 24.5 Å². The van der Waals surface area contributed by atoms with Crippen LogP contribution in [-0.2, 0) is 4.79 Å². The van der Waals surface area contributed by atoms with E-state index in [1.165, 1.54) is 12.1 Å². The van der Waals surface area contributed by atoms with Crippen molar-refractivity contribution >= 4 is 11.6 Å². The summed E-state index contributed by atoms with van der Waals surface area (Å²) in [6, 6.07) is 15.8. The van der Waals surface area contributed by atoms with Crippen LogP contribution in [0.4, 0.5) is 10.1 Å². The van der Waals surface area contributed by atoms with Gasteiger partial charge in [0.1, 0.15) is 5.82 Å². The fourth-order valence-electron chi connectivity index (χ4n) is 5.34. The molecule has 2 aromatic carbocycles. The number of halogens is 1. The molecule has 41 heavy (non-hydrogen) atoms. The molecule has 11 heteroatoms. The van der Waals surface area contributed by atoms with Crippen LogP contribution in [-0.4, -0.2) is 76.1 Å². The highest BCUT2D eigenvalue weighted by Gasteiger charge is 2.24. The third-order valence-corrected chi connectivity index (χ3v) is 7.43. The molecule has 4 heterocycles. The summed E-state index contributed by atoms with van der Waals surface area (Å²) in [7, 11) is 0. The molecular weight excluding hydrogens is 523 g/mol. The van der Waals surface area contributed by atoms with Gasteiger partial charge >= 0.3 is 6.01 Å². The van der Waals surface area contributed by atoms with Gasteiger partial charge in [-0.25, -0.2) is 14.4 Å². The maximum Gasteiger partial charge on any atom is 0.322 e. The smallest absolute Gasteiger partial charge is 0.322 e. The number of rotatable bonds is 8. The first-order valence-electron chi connectivity index (χ1n) is 14.0. The van der Waals surface area contributed by atoms with Gasteiger partial charge in [-0.2, -0.15) is 4.98 Å². The van der Waals surface area contributed by atoms with E-state index in [0.717, 1.165) is 63.4 Å². The van der Waals surface area contributed by atoms with Gasteiger partial charge in [0.25, 0.3) is 0 Å². The zero-order valence-electron chi connectivity index (χ0n) is 22.7. The summed E-state index contributed by atoms with van der Waals surface area (Å²) in [6.07, 6.45) is 5.41. The number of hydrogen-bond donors (Lipinski definition) is 3. The Kier molecular flexibility index (Phi) is 8.26. The second-order valence-electron chi connectivity index (χ2n) is 10.2. The average Bonchev–Trinajstić information content (AvgIpc) is 3.45. The quantitative estimate of drug-likeness (QED) is 0.302. The van der Waals surface area contributed by atoms with Crippen molar-refractivity contribution in [3.05, 3.63) is 72.9 Å². The minimum Gasteiger partial charge on any atom is -0.422 e. The van der Waals surface area contributed by atoms with Crippen molar-refractivity contribution < 1.29 is 13.9 Å². The van der Waals surface area contributed by atoms with E-state index < -0.39 is 0 Å². The van der Waals surface area contributed by atoms with Gasteiger partial charge in [0.2, 0.25) is 5.91 Å². The molecule has 2 aliphatic rings. The molecule has 3 N–H and O–H groups in total. The number of hydrogen-bond acceptors (Lipinski definition) is 8. The van der Waals surface area contributed by atoms with Crippen molar-refractivity contribution in [3.8, 4) is 34.4 Å². The minimum absolute atomic E-state index is 0.104. The molecule has 2 aromatic heterocycles. The first kappa shape index (κ1) is 27.0. The summed E-state index contributed by atoms with van der Waals surface area (Å²) >= 11 is 0. The van der Waals surface area contributed by atoms with Crippen molar-refractivity contribution in [2.24, 2.45) is 0 Å². The largest absolute Gasteiger partial charge is 0.422 e. The van der Waals surface area contributed by atoms with Crippen LogP contribution >= 0.6 is 0 Å². The number of piperazine rings is 1. The number of para-hydroxylation sites is 2. The Bertz CT molecular complexity index is 1480. The fourth-order valence-corrected chi connectivity index (χ4v) is 5.34. The fraction of sp³-hybridized carbons (Fsp3) is 0.333. The molecule has 0 unspecified atom stereocenters. The first-order valence-corrected chi connectivity index (χ1v) is 14.0. The Morgan fingerprint density at radius 2 is 1.73 bits per heavy atom. The van der Waals surface area contributed by atoms with Crippen molar-refractivity contribution in [1.82, 2.24) is 35.1 Å². The number of nitrogens with one attached hydrogen (secondary N) is 3. The lowest BCUT2D eigenvalue weighted by molar-refractivity contribution is -0.117. The number of carbonyl (C=O) groups is 1. The number of carbonyl (C=O) groups excluding carboxylic acids is 1. The summed E-state index contributed by atoms with van der Waals surface area (Å²) in [5.74, 6) is 0.0425. The summed E-state index contributed by atoms with van der Waals surface area (Å²) in [4.78, 5) is 28.8. The van der Waals surface area contributed by atoms with Crippen molar-refractivity contribution in [2.45, 2.75) is 18.9 Å². The van der Waals surface area contributed by atoms with Crippen LogP contribution in [0, 0.1) is 5.82 Å². The first-order chi connectivity index (χ1) is 20.1. The molecule has 0 spiro atoms. The molecule has 1 amide bonds. The molecule has 6 rings (SSSR count). The number of nitrogens with zero attached hydrogens (tertiary/aromatic N) is 5. The van der Waals surface area contributed by atoms with Gasteiger partial charge < -0.3 is 25.3 Å². The lowest BCUT2D eigenvalue weighted by Crippen LogP contribution is -2.46. The lowest BCUT2D eigenvalue weighted by atomic mass is 10.0. The molecule has 0 saturated carbocycles. The second-order valence-corrected chi connectivity index (χ2v) is 10.2. The van der Waals surface area contributed by atoms with Crippen molar-refractivity contribution in [2.75, 3.05) is 51.1 Å². The second kappa shape index (κ2) is 12.5. The maximum atomic E-state index is 13.7. The summed E-state index contributed by atoms with van der Waals surface area (Å²) < 4.78 is 22.0. The number of aromatic nitrogens is 4. The van der Waals surface area contributed by atoms with Gasteiger partial charge in [-0.1, -0.05) is 12.1 Å². The average molecular weight is 557 g/mol. The molecule has 0 aliphatic carbocycles. The number of imidazole rings is 1. The Labute approximate surface area is 238 Å². The van der Waals surface area contributed by atoms with E-state index in [4.69, 9.17) is 14.7 Å². The molecule has 212 valence electrons. The Morgan fingerprint density at radius 1 is 0.976 bits per heavy atom. The zero-order chi connectivity index (χ0) is 28.0. The normalized spacial score (nSPS) is 16.4. The van der Waals surface area contributed by atoms with Crippen molar-refractivity contribution in [1.29, 1.82) is 0 Å². The highest BCUT2D eigenvalue weighted by Crippen LogP contribution is 2.36. The molecule has 2 saturated heterocycles. The predicted octanol–water partition coefficient (Wildman–Crippen LogP) is 3.71. The monoisotopic (exact) mass is 556 g/mol. The van der Waals surface area contributed by atoms with E-state index in [1.54, 1.807) is 30.5 Å². The van der Waals surface area contributed by atoms with Crippen LogP contribution in [0.15, 0.2) is 67.1 Å². The SMILES string of the molecule is O=C(CN1CCNCC1)Nc1ccccc1Oc1nccc(-c2c(-c3ccc(F)cc3)ncn2C2CCNCC2)n1. The van der Waals surface area contributed by atoms with E-state index >= 15 is 0 Å². The van der Waals surface area contributed by atoms with Gasteiger partial charge in [0.15, 0.2) is 5.75 Å². The predicted molar refractivity (Wildman–Crippen MR) is 154 cm³/mol. The van der Waals surface area contributed by atoms with Gasteiger partial charge in [-0.05, 0) is 68.4 Å². The van der Waals surface area contributed by atoms with E-state index in [-0.39, 0.29) is 23.8 Å². The Morgan fingerprint density at radius 3 is 2.54 bits per heavy atom. The van der Waals surface area contributed by atoms with Gasteiger partial charge in [0, 0.05) is 44.0 Å². The third-order valence-electron chi connectivity index (χ3n) is 7.43. The van der Waals surface area contributed by atoms with Crippen molar-refractivity contribution in [3.63, 3.8) is 0 Å². The lowest BCUT2D eigenvalue weighted by Gasteiger charge is -2.26. The molecular formula is C30H33FN8O2. The van der Waals surface area contributed by atoms with Gasteiger partial charge in [0.05, 0.1) is 35.6 Å². The highest BCUT2D eigenvalue weighted by molar-refractivity contribution is 5.93. The third kappa shape index (κ3) is 6.43. The van der Waals surface area contributed by atoms with Crippen LogP contribution in [0.25, 0.3) is 22.6 Å². The van der Waals surface area contributed by atoms with E-state index in [2.05, 4.69) is 30.4 Å². The number of piperidine rings is 1. The molecule has 2 aliphatic heterocycles. The minimum atomic E-state index is -0.301. The van der Waals surface area contributed by atoms with Crippen LogP contribution < -0.4 is 20.7 Å². The van der Waals surface area contributed by atoms with Gasteiger partial charge in [-0.3, -0.25) is 9.69 Å². The summed E-state index contributed by atoms with van der Waals surface area (Å²) in [5.41, 5.74) is 3.54. The molecule has 2 fully saturated rings. The Balaban J connectivity index is 1.28. The standard InChI is InChI=1S/C30H33FN8O2/c31-22-7-5-21(6-8-22)28-29(39(20-35-28)23-9-12-32-13-10-23)25-11-14-34-30(37-25)41-26-4-2-1-3-24(26)36-27(40)19-38-17-15-33-16-18-38/h1-8,11,14,20,23,32-33H,9-10,12-13,15-19H2,(H,36,40). The zero-order valence-corrected chi connectivity index (χ0v) is 22.7. The van der Waals surface area contributed by atoms with Gasteiger partial charge in [-0.15, -0.1) is 0 Å². The topological polar surface area (TPSA) is 109 Å². The van der Waals surface area contributed by atoms with E-state index in [0.29, 0.717) is 29.4 Å². The number of benzene rings is 2. The molecule has 0 atom stereocenters. The Hall–Kier alpha value is -4.19. The number of ether oxygens (including phenoxy) is 1. The molecule has 0 bridgehead atoms. The van der Waals surface area contributed by atoms with Crippen LogP contribution in [0.1, 0.15) is 18.9 Å². The van der Waals surface area contributed by atoms with Crippen LogP contribution in [0.2, 0.25) is 0 Å². The number of anilines is 1. The number of amides is 1. The molecule has 0 radical (unpaired) electrons. The van der Waals surface area contributed by atoms with Crippen LogP contribution in [0.3, 0.4) is 0 Å². The van der Waals surface area contributed by atoms with E-state index in [9.17, 15) is 9.18 Å². The summed E-state index contributed by atoms with van der Waals surface area (Å²) in [6.45, 7) is 5.57. The van der Waals surface area contributed by atoms with Crippen LogP contribution in [0.5, 0.6) is 11.8 Å².